The van der Waals surface area contributed by atoms with Gasteiger partial charge in [-0.05, 0) is 78.2 Å². The summed E-state index contributed by atoms with van der Waals surface area (Å²) in [5.74, 6) is 1.83. The summed E-state index contributed by atoms with van der Waals surface area (Å²) in [7, 11) is 0. The van der Waals surface area contributed by atoms with E-state index in [0.717, 1.165) is 88.5 Å². The number of furan rings is 1. The van der Waals surface area contributed by atoms with Crippen molar-refractivity contribution < 1.29 is 4.42 Å². The lowest BCUT2D eigenvalue weighted by Gasteiger charge is -2.15. The van der Waals surface area contributed by atoms with Gasteiger partial charge in [0, 0.05) is 54.7 Å². The average molecular weight is 820 g/mol. The van der Waals surface area contributed by atoms with Crippen molar-refractivity contribution in [2.24, 2.45) is 0 Å². The van der Waals surface area contributed by atoms with E-state index in [2.05, 4.69) is 156 Å². The Kier molecular flexibility index (Phi) is 8.02. The molecule has 64 heavy (non-hydrogen) atoms. The van der Waals surface area contributed by atoms with Gasteiger partial charge in [0.15, 0.2) is 23.1 Å². The first-order chi connectivity index (χ1) is 31.7. The van der Waals surface area contributed by atoms with Crippen molar-refractivity contribution in [2.45, 2.75) is 6.92 Å². The molecule has 0 atom stereocenters. The number of aromatic nitrogens is 5. The van der Waals surface area contributed by atoms with Crippen molar-refractivity contribution in [3.05, 3.63) is 212 Å². The molecule has 4 aromatic heterocycles. The number of rotatable bonds is 6. The van der Waals surface area contributed by atoms with Gasteiger partial charge >= 0.3 is 0 Å². The van der Waals surface area contributed by atoms with E-state index in [0.29, 0.717) is 17.5 Å². The Morgan fingerprint density at radius 3 is 1.58 bits per heavy atom. The predicted octanol–water partition coefficient (Wildman–Crippen LogP) is 14.9. The molecule has 0 spiro atoms. The van der Waals surface area contributed by atoms with Crippen LogP contribution in [0.5, 0.6) is 0 Å². The Balaban J connectivity index is 1.14. The maximum atomic E-state index is 7.07. The molecule has 300 valence electrons. The number of hydrogen-bond acceptors (Lipinski definition) is 4. The number of hydrogen-bond donors (Lipinski definition) is 0. The highest BCUT2D eigenvalue weighted by Crippen LogP contribution is 2.46. The van der Waals surface area contributed by atoms with E-state index in [4.69, 9.17) is 19.4 Å². The van der Waals surface area contributed by atoms with E-state index < -0.39 is 0 Å². The molecule has 6 heteroatoms. The van der Waals surface area contributed by atoms with E-state index in [1.807, 2.05) is 66.7 Å². The maximum absolute atomic E-state index is 7.07. The van der Waals surface area contributed by atoms with Gasteiger partial charge in [0.25, 0.3) is 0 Å². The summed E-state index contributed by atoms with van der Waals surface area (Å²) in [4.78, 5) is 15.5. The fraction of sp³-hybridized carbons (Fsp3) is 0.0172. The van der Waals surface area contributed by atoms with Gasteiger partial charge < -0.3 is 13.6 Å². The van der Waals surface area contributed by atoms with Crippen molar-refractivity contribution in [1.29, 1.82) is 0 Å². The molecule has 0 aliphatic heterocycles. The molecule has 13 rings (SSSR count). The zero-order chi connectivity index (χ0) is 42.3. The second kappa shape index (κ2) is 14.2. The summed E-state index contributed by atoms with van der Waals surface area (Å²) >= 11 is 0. The normalized spacial score (nSPS) is 11.8. The fourth-order valence-corrected chi connectivity index (χ4v) is 9.79. The molecule has 0 radical (unpaired) electrons. The van der Waals surface area contributed by atoms with Crippen molar-refractivity contribution in [1.82, 2.24) is 24.1 Å². The van der Waals surface area contributed by atoms with E-state index in [1.165, 1.54) is 21.9 Å². The molecular weight excluding hydrogens is 783 g/mol. The zero-order valence-corrected chi connectivity index (χ0v) is 34.8. The molecule has 0 N–H and O–H groups in total. The zero-order valence-electron chi connectivity index (χ0n) is 34.8. The lowest BCUT2D eigenvalue weighted by Crippen LogP contribution is -2.03. The molecule has 9 aromatic carbocycles. The van der Waals surface area contributed by atoms with Crippen LogP contribution in [0.3, 0.4) is 0 Å². The van der Waals surface area contributed by atoms with Gasteiger partial charge in [-0.3, -0.25) is 0 Å². The Hall–Kier alpha value is -8.61. The standard InChI is InChI=1S/C58H37N5O/c1-36-32-51(55-54(43-27-15-17-29-52(43)64-55)53(36)58-60-56(38-20-8-3-9-21-38)59-57(61-58)39-22-10-4-11-23-39)63-48-31-30-40(37-18-6-2-7-19-37)33-44(48)46-35-49-45(34-50(46)63)42-26-14-16-28-47(42)62(49)41-24-12-5-13-25-41/h2-35H,1H3. The summed E-state index contributed by atoms with van der Waals surface area (Å²) < 4.78 is 11.9. The van der Waals surface area contributed by atoms with E-state index in [9.17, 15) is 0 Å². The van der Waals surface area contributed by atoms with Crippen LogP contribution in [-0.2, 0) is 0 Å². The minimum absolute atomic E-state index is 0.596. The number of benzene rings is 9. The van der Waals surface area contributed by atoms with Crippen molar-refractivity contribution in [2.75, 3.05) is 0 Å². The SMILES string of the molecule is Cc1cc(-n2c3ccc(-c4ccccc4)cc3c3cc4c(cc32)c2ccccc2n4-c2ccccc2)c2oc3ccccc3c2c1-c1nc(-c2ccccc2)nc(-c2ccccc2)n1. The molecule has 0 aliphatic rings. The summed E-state index contributed by atoms with van der Waals surface area (Å²) in [6, 6.07) is 72.5. The van der Waals surface area contributed by atoms with Crippen LogP contribution >= 0.6 is 0 Å². The van der Waals surface area contributed by atoms with Crippen LogP contribution in [-0.4, -0.2) is 24.1 Å². The molecule has 0 unspecified atom stereocenters. The van der Waals surface area contributed by atoms with Gasteiger partial charge in [-0.25, -0.2) is 15.0 Å². The van der Waals surface area contributed by atoms with E-state index in [1.54, 1.807) is 0 Å². The van der Waals surface area contributed by atoms with Crippen LogP contribution in [0, 0.1) is 6.92 Å². The van der Waals surface area contributed by atoms with Crippen LogP contribution in [0.2, 0.25) is 0 Å². The molecule has 0 saturated carbocycles. The highest BCUT2D eigenvalue weighted by atomic mass is 16.3. The molecule has 4 heterocycles. The monoisotopic (exact) mass is 819 g/mol. The number of fused-ring (bicyclic) bond motifs is 9. The van der Waals surface area contributed by atoms with Gasteiger partial charge in [0.1, 0.15) is 5.58 Å². The molecule has 0 bridgehead atoms. The average Bonchev–Trinajstić information content (AvgIpc) is 4.01. The molecule has 0 amide bonds. The smallest absolute Gasteiger partial charge is 0.165 e. The van der Waals surface area contributed by atoms with Gasteiger partial charge in [-0.2, -0.15) is 0 Å². The van der Waals surface area contributed by atoms with Gasteiger partial charge in [0.2, 0.25) is 0 Å². The van der Waals surface area contributed by atoms with Crippen LogP contribution in [0.4, 0.5) is 0 Å². The molecule has 0 fully saturated rings. The Bertz CT molecular complexity index is 3890. The summed E-state index contributed by atoms with van der Waals surface area (Å²) in [5, 5.41) is 6.66. The van der Waals surface area contributed by atoms with Gasteiger partial charge in [0.05, 0.1) is 27.8 Å². The highest BCUT2D eigenvalue weighted by Gasteiger charge is 2.26. The van der Waals surface area contributed by atoms with E-state index >= 15 is 0 Å². The Morgan fingerprint density at radius 2 is 0.891 bits per heavy atom. The molecule has 6 nitrogen and oxygen atoms in total. The van der Waals surface area contributed by atoms with Crippen LogP contribution < -0.4 is 0 Å². The van der Waals surface area contributed by atoms with Gasteiger partial charge in [-0.15, -0.1) is 0 Å². The lowest BCUT2D eigenvalue weighted by molar-refractivity contribution is 0.666. The maximum Gasteiger partial charge on any atom is 0.165 e. The van der Waals surface area contributed by atoms with Crippen LogP contribution in [0.15, 0.2) is 211 Å². The van der Waals surface area contributed by atoms with Crippen LogP contribution in [0.25, 0.3) is 122 Å². The fourth-order valence-electron chi connectivity index (χ4n) is 9.79. The minimum atomic E-state index is 0.596. The van der Waals surface area contributed by atoms with Crippen molar-refractivity contribution >= 4 is 65.6 Å². The number of aryl methyl sites for hydroxylation is 1. The highest BCUT2D eigenvalue weighted by molar-refractivity contribution is 6.21. The summed E-state index contributed by atoms with van der Waals surface area (Å²) in [5.41, 5.74) is 14.3. The Labute approximate surface area is 368 Å². The lowest BCUT2D eigenvalue weighted by atomic mass is 9.99. The molecule has 13 aromatic rings. The van der Waals surface area contributed by atoms with Gasteiger partial charge in [-0.1, -0.05) is 152 Å². The number of para-hydroxylation sites is 3. The first kappa shape index (κ1) is 36.1. The number of nitrogens with zero attached hydrogens (tertiary/aromatic N) is 5. The molecule has 0 aliphatic carbocycles. The van der Waals surface area contributed by atoms with Crippen molar-refractivity contribution in [3.63, 3.8) is 0 Å². The third-order valence-corrected chi connectivity index (χ3v) is 12.7. The first-order valence-electron chi connectivity index (χ1n) is 21.6. The van der Waals surface area contributed by atoms with E-state index in [-0.39, 0.29) is 0 Å². The summed E-state index contributed by atoms with van der Waals surface area (Å²) in [6.45, 7) is 2.17. The molecular formula is C58H37N5O. The second-order valence-electron chi connectivity index (χ2n) is 16.4. The largest absolute Gasteiger partial charge is 0.454 e. The predicted molar refractivity (Wildman–Crippen MR) is 262 cm³/mol. The summed E-state index contributed by atoms with van der Waals surface area (Å²) in [6.07, 6.45) is 0. The van der Waals surface area contributed by atoms with Crippen LogP contribution in [0.1, 0.15) is 5.56 Å². The quantitative estimate of drug-likeness (QED) is 0.168. The first-order valence-corrected chi connectivity index (χ1v) is 21.6. The second-order valence-corrected chi connectivity index (χ2v) is 16.4. The van der Waals surface area contributed by atoms with Crippen molar-refractivity contribution in [3.8, 4) is 56.7 Å². The minimum Gasteiger partial charge on any atom is -0.454 e. The topological polar surface area (TPSA) is 61.7 Å². The Morgan fingerprint density at radius 1 is 0.375 bits per heavy atom. The third kappa shape index (κ3) is 5.56. The molecule has 0 saturated heterocycles. The third-order valence-electron chi connectivity index (χ3n) is 12.7.